The molecule has 0 aliphatic heterocycles. The summed E-state index contributed by atoms with van der Waals surface area (Å²) in [6.07, 6.45) is 1.74. The molecule has 2 aromatic carbocycles. The van der Waals surface area contributed by atoms with Gasteiger partial charge in [-0.25, -0.2) is 8.42 Å². The van der Waals surface area contributed by atoms with Gasteiger partial charge in [-0.15, -0.1) is 0 Å². The first-order chi connectivity index (χ1) is 17.4. The highest BCUT2D eigenvalue weighted by atomic mass is 32.2. The Hall–Kier alpha value is -3.47. The molecule has 2 rings (SSSR count). The number of nitrogens with zero attached hydrogens (tertiary/aromatic N) is 2. The van der Waals surface area contributed by atoms with Crippen LogP contribution in [0.2, 0.25) is 0 Å². The number of carbonyl (C=O) groups is 2. The molecule has 2 aromatic rings. The topological polar surface area (TPSA) is 114 Å². The van der Waals surface area contributed by atoms with E-state index in [1.54, 1.807) is 44.4 Å². The summed E-state index contributed by atoms with van der Waals surface area (Å²) in [4.78, 5) is 28.0. The van der Waals surface area contributed by atoms with E-state index in [0.717, 1.165) is 22.5 Å². The molecule has 2 amide bonds. The van der Waals surface area contributed by atoms with Crippen molar-refractivity contribution in [2.45, 2.75) is 45.8 Å². The molecule has 0 unspecified atom stereocenters. The summed E-state index contributed by atoms with van der Waals surface area (Å²) in [5.41, 5.74) is 0.936. The first-order valence-corrected chi connectivity index (χ1v) is 13.7. The van der Waals surface area contributed by atoms with Crippen LogP contribution in [0.25, 0.3) is 0 Å². The van der Waals surface area contributed by atoms with E-state index in [2.05, 4.69) is 5.32 Å². The molecule has 11 heteroatoms. The molecule has 37 heavy (non-hydrogen) atoms. The second-order valence-electron chi connectivity index (χ2n) is 8.67. The molecule has 0 heterocycles. The van der Waals surface area contributed by atoms with Crippen LogP contribution in [-0.4, -0.2) is 71.3 Å². The summed E-state index contributed by atoms with van der Waals surface area (Å²) in [6.45, 7) is 5.01. The predicted molar refractivity (Wildman–Crippen MR) is 143 cm³/mol. The normalized spacial score (nSPS) is 12.7. The molecule has 2 atom stereocenters. The predicted octanol–water partition coefficient (Wildman–Crippen LogP) is 2.81. The molecule has 0 bridgehead atoms. The van der Waals surface area contributed by atoms with Gasteiger partial charge >= 0.3 is 0 Å². The van der Waals surface area contributed by atoms with Crippen LogP contribution in [-0.2, 0) is 26.2 Å². The number of nitrogens with one attached hydrogen (secondary N) is 1. The Bertz CT molecular complexity index is 1170. The van der Waals surface area contributed by atoms with Gasteiger partial charge in [0, 0.05) is 18.7 Å². The lowest BCUT2D eigenvalue weighted by atomic mass is 10.1. The second kappa shape index (κ2) is 13.2. The first-order valence-electron chi connectivity index (χ1n) is 11.9. The maximum atomic E-state index is 13.7. The summed E-state index contributed by atoms with van der Waals surface area (Å²) in [6, 6.07) is 10.8. The number of rotatable bonds is 13. The number of methoxy groups -OCH3 is 3. The van der Waals surface area contributed by atoms with Gasteiger partial charge in [-0.05, 0) is 50.1 Å². The zero-order valence-corrected chi connectivity index (χ0v) is 23.3. The van der Waals surface area contributed by atoms with Crippen LogP contribution in [0.4, 0.5) is 5.69 Å². The van der Waals surface area contributed by atoms with E-state index >= 15 is 0 Å². The van der Waals surface area contributed by atoms with Crippen molar-refractivity contribution in [2.75, 3.05) is 38.4 Å². The van der Waals surface area contributed by atoms with Crippen molar-refractivity contribution in [1.82, 2.24) is 10.2 Å². The Morgan fingerprint density at radius 3 is 2.05 bits per heavy atom. The molecular weight excluding hydrogens is 498 g/mol. The Morgan fingerprint density at radius 1 is 0.946 bits per heavy atom. The van der Waals surface area contributed by atoms with Crippen molar-refractivity contribution < 1.29 is 32.2 Å². The number of hydrogen-bond acceptors (Lipinski definition) is 7. The average Bonchev–Trinajstić information content (AvgIpc) is 2.88. The molecule has 10 nitrogen and oxygen atoms in total. The summed E-state index contributed by atoms with van der Waals surface area (Å²) in [7, 11) is 0.535. The van der Waals surface area contributed by atoms with Crippen LogP contribution in [0.1, 0.15) is 32.8 Å². The van der Waals surface area contributed by atoms with Crippen LogP contribution < -0.4 is 23.8 Å². The summed E-state index contributed by atoms with van der Waals surface area (Å²) < 4.78 is 42.4. The van der Waals surface area contributed by atoms with E-state index in [0.29, 0.717) is 11.5 Å². The van der Waals surface area contributed by atoms with E-state index in [9.17, 15) is 18.0 Å². The average molecular weight is 536 g/mol. The minimum Gasteiger partial charge on any atom is -0.497 e. The van der Waals surface area contributed by atoms with Crippen LogP contribution >= 0.6 is 0 Å². The summed E-state index contributed by atoms with van der Waals surface area (Å²) in [5, 5.41) is 2.90. The largest absolute Gasteiger partial charge is 0.497 e. The second-order valence-corrected chi connectivity index (χ2v) is 10.6. The van der Waals surface area contributed by atoms with Gasteiger partial charge in [-0.3, -0.25) is 13.9 Å². The molecule has 204 valence electrons. The molecular formula is C26H37N3O7S. The molecule has 0 spiro atoms. The van der Waals surface area contributed by atoms with E-state index in [4.69, 9.17) is 14.2 Å². The molecule has 0 aliphatic carbocycles. The molecule has 0 fully saturated rings. The lowest BCUT2D eigenvalue weighted by Crippen LogP contribution is -2.52. The maximum absolute atomic E-state index is 13.7. The van der Waals surface area contributed by atoms with Gasteiger partial charge in [-0.1, -0.05) is 19.1 Å². The molecule has 0 aliphatic rings. The van der Waals surface area contributed by atoms with Gasteiger partial charge in [0.15, 0.2) is 0 Å². The molecule has 0 radical (unpaired) electrons. The molecule has 0 saturated carbocycles. The zero-order valence-electron chi connectivity index (χ0n) is 22.5. The number of amides is 2. The Balaban J connectivity index is 2.45. The van der Waals surface area contributed by atoms with Gasteiger partial charge in [0.1, 0.15) is 29.8 Å². The molecule has 0 aromatic heterocycles. The highest BCUT2D eigenvalue weighted by Crippen LogP contribution is 2.33. The number of carbonyl (C=O) groups excluding carboxylic acids is 2. The molecule has 1 N–H and O–H groups in total. The monoisotopic (exact) mass is 535 g/mol. The first kappa shape index (κ1) is 29.8. The van der Waals surface area contributed by atoms with Crippen molar-refractivity contribution in [3.63, 3.8) is 0 Å². The third-order valence-electron chi connectivity index (χ3n) is 6.02. The van der Waals surface area contributed by atoms with Crippen molar-refractivity contribution in [3.05, 3.63) is 48.0 Å². The number of ether oxygens (including phenoxy) is 3. The fraction of sp³-hybridized carbons (Fsp3) is 0.462. The fourth-order valence-electron chi connectivity index (χ4n) is 3.56. The number of hydrogen-bond donors (Lipinski definition) is 1. The molecule has 0 saturated heterocycles. The zero-order chi connectivity index (χ0) is 27.8. The summed E-state index contributed by atoms with van der Waals surface area (Å²) >= 11 is 0. The van der Waals surface area contributed by atoms with Gasteiger partial charge in [0.05, 0.1) is 33.3 Å². The van der Waals surface area contributed by atoms with Gasteiger partial charge in [-0.2, -0.15) is 0 Å². The minimum atomic E-state index is -3.90. The van der Waals surface area contributed by atoms with Gasteiger partial charge in [0.25, 0.3) is 0 Å². The number of benzene rings is 2. The Morgan fingerprint density at radius 2 is 1.54 bits per heavy atom. The Labute approximate surface area is 219 Å². The van der Waals surface area contributed by atoms with E-state index in [1.165, 1.54) is 31.3 Å². The van der Waals surface area contributed by atoms with Crippen LogP contribution in [0.5, 0.6) is 17.2 Å². The van der Waals surface area contributed by atoms with Crippen LogP contribution in [0.3, 0.4) is 0 Å². The minimum absolute atomic E-state index is 0.0797. The highest BCUT2D eigenvalue weighted by molar-refractivity contribution is 7.92. The van der Waals surface area contributed by atoms with E-state index < -0.39 is 28.5 Å². The van der Waals surface area contributed by atoms with Gasteiger partial charge in [0.2, 0.25) is 21.8 Å². The quantitative estimate of drug-likeness (QED) is 0.419. The third-order valence-corrected chi connectivity index (χ3v) is 7.14. The maximum Gasteiger partial charge on any atom is 0.244 e. The van der Waals surface area contributed by atoms with Gasteiger partial charge < -0.3 is 24.4 Å². The summed E-state index contributed by atoms with van der Waals surface area (Å²) in [5.74, 6) is 0.466. The third kappa shape index (κ3) is 8.01. The lowest BCUT2D eigenvalue weighted by molar-refractivity contribution is -0.139. The fourth-order valence-corrected chi connectivity index (χ4v) is 4.41. The lowest BCUT2D eigenvalue weighted by Gasteiger charge is -2.32. The van der Waals surface area contributed by atoms with Crippen molar-refractivity contribution in [2.24, 2.45) is 0 Å². The van der Waals surface area contributed by atoms with E-state index in [1.807, 2.05) is 13.8 Å². The van der Waals surface area contributed by atoms with Crippen LogP contribution in [0, 0.1) is 0 Å². The van der Waals surface area contributed by atoms with Crippen molar-refractivity contribution >= 4 is 27.5 Å². The van der Waals surface area contributed by atoms with Crippen molar-refractivity contribution in [3.8, 4) is 17.2 Å². The van der Waals surface area contributed by atoms with Crippen molar-refractivity contribution in [1.29, 1.82) is 0 Å². The van der Waals surface area contributed by atoms with E-state index in [-0.39, 0.29) is 29.9 Å². The standard InChI is InChI=1S/C26H37N3O7S/c1-8-18(2)27-26(31)19(3)28(16-20-9-11-21(34-4)12-10-20)25(30)17-29(37(7,32)33)23-14-13-22(35-5)15-24(23)36-6/h9-15,18-19H,8,16-17H2,1-7H3,(H,27,31)/t18-,19+/m0/s1. The van der Waals surface area contributed by atoms with Crippen LogP contribution in [0.15, 0.2) is 42.5 Å². The Kier molecular flexibility index (Phi) is 10.6. The smallest absolute Gasteiger partial charge is 0.244 e. The number of sulfonamides is 1. The number of anilines is 1. The SMILES string of the molecule is CC[C@H](C)NC(=O)[C@@H](C)N(Cc1ccc(OC)cc1)C(=O)CN(c1ccc(OC)cc1OC)S(C)(=O)=O. The highest BCUT2D eigenvalue weighted by Gasteiger charge is 2.31.